The Labute approximate surface area is 166 Å². The SMILES string of the molecule is CCOCCn1c(=NC(=O)c2cc(C)n(C)n2)sc2cc(C(=O)OC)ccc21. The number of thiazole rings is 1. The second kappa shape index (κ2) is 8.49. The lowest BCUT2D eigenvalue weighted by atomic mass is 10.2. The zero-order valence-electron chi connectivity index (χ0n) is 16.3. The molecule has 0 bridgehead atoms. The van der Waals surface area contributed by atoms with Crippen molar-refractivity contribution in [2.24, 2.45) is 12.0 Å². The van der Waals surface area contributed by atoms with E-state index in [0.717, 1.165) is 15.9 Å². The first kappa shape index (κ1) is 20.0. The van der Waals surface area contributed by atoms with E-state index in [2.05, 4.69) is 10.1 Å². The second-order valence-corrected chi connectivity index (χ2v) is 7.13. The molecule has 0 spiro atoms. The van der Waals surface area contributed by atoms with Gasteiger partial charge in [-0.2, -0.15) is 10.1 Å². The summed E-state index contributed by atoms with van der Waals surface area (Å²) in [6.45, 7) is 5.44. The van der Waals surface area contributed by atoms with Gasteiger partial charge >= 0.3 is 5.97 Å². The summed E-state index contributed by atoms with van der Waals surface area (Å²) in [4.78, 5) is 29.3. The van der Waals surface area contributed by atoms with Crippen LogP contribution in [-0.2, 0) is 23.1 Å². The molecule has 28 heavy (non-hydrogen) atoms. The van der Waals surface area contributed by atoms with E-state index in [4.69, 9.17) is 9.47 Å². The number of nitrogens with zero attached hydrogens (tertiary/aromatic N) is 4. The van der Waals surface area contributed by atoms with Crippen LogP contribution in [0.25, 0.3) is 10.2 Å². The number of hydrogen-bond donors (Lipinski definition) is 0. The number of methoxy groups -OCH3 is 1. The van der Waals surface area contributed by atoms with E-state index in [-0.39, 0.29) is 0 Å². The molecule has 0 fully saturated rings. The van der Waals surface area contributed by atoms with Gasteiger partial charge in [0.2, 0.25) is 0 Å². The minimum atomic E-state index is -0.409. The number of aromatic nitrogens is 3. The minimum Gasteiger partial charge on any atom is -0.465 e. The molecule has 148 valence electrons. The molecular weight excluding hydrogens is 380 g/mol. The first-order valence-electron chi connectivity index (χ1n) is 8.83. The molecule has 0 aliphatic carbocycles. The lowest BCUT2D eigenvalue weighted by molar-refractivity contribution is 0.0600. The lowest BCUT2D eigenvalue weighted by Crippen LogP contribution is -2.20. The minimum absolute atomic E-state index is 0.295. The van der Waals surface area contributed by atoms with Crippen LogP contribution < -0.4 is 4.80 Å². The van der Waals surface area contributed by atoms with Gasteiger partial charge in [0.1, 0.15) is 0 Å². The van der Waals surface area contributed by atoms with Gasteiger partial charge in [-0.3, -0.25) is 9.48 Å². The number of rotatable bonds is 6. The van der Waals surface area contributed by atoms with Crippen LogP contribution >= 0.6 is 11.3 Å². The van der Waals surface area contributed by atoms with Crippen molar-refractivity contribution >= 4 is 33.4 Å². The third-order valence-electron chi connectivity index (χ3n) is 4.30. The fourth-order valence-corrected chi connectivity index (χ4v) is 3.82. The molecule has 0 aliphatic rings. The average molecular weight is 402 g/mol. The summed E-state index contributed by atoms with van der Waals surface area (Å²) in [5, 5.41) is 4.20. The summed E-state index contributed by atoms with van der Waals surface area (Å²) in [7, 11) is 3.12. The van der Waals surface area contributed by atoms with Crippen molar-refractivity contribution in [2.45, 2.75) is 20.4 Å². The number of aryl methyl sites for hydroxylation is 2. The van der Waals surface area contributed by atoms with Crippen molar-refractivity contribution in [3.8, 4) is 0 Å². The molecule has 0 saturated heterocycles. The second-order valence-electron chi connectivity index (χ2n) is 6.12. The molecule has 0 N–H and O–H groups in total. The van der Waals surface area contributed by atoms with Crippen molar-refractivity contribution in [3.63, 3.8) is 0 Å². The predicted molar refractivity (Wildman–Crippen MR) is 105 cm³/mol. The molecule has 3 rings (SSSR count). The van der Waals surface area contributed by atoms with E-state index < -0.39 is 11.9 Å². The van der Waals surface area contributed by atoms with Gasteiger partial charge in [0.25, 0.3) is 5.91 Å². The number of hydrogen-bond acceptors (Lipinski definition) is 6. The first-order valence-corrected chi connectivity index (χ1v) is 9.65. The van der Waals surface area contributed by atoms with Gasteiger partial charge in [-0.05, 0) is 38.1 Å². The number of carbonyl (C=O) groups excluding carboxylic acids is 2. The number of amides is 1. The predicted octanol–water partition coefficient (Wildman–Crippen LogP) is 2.31. The maximum absolute atomic E-state index is 12.6. The molecule has 2 aromatic heterocycles. The molecule has 8 nitrogen and oxygen atoms in total. The van der Waals surface area contributed by atoms with Crippen molar-refractivity contribution in [2.75, 3.05) is 20.3 Å². The van der Waals surface area contributed by atoms with Crippen molar-refractivity contribution < 1.29 is 19.1 Å². The van der Waals surface area contributed by atoms with Gasteiger partial charge in [0.15, 0.2) is 10.5 Å². The maximum atomic E-state index is 12.6. The lowest BCUT2D eigenvalue weighted by Gasteiger charge is -2.06. The Kier molecular flexibility index (Phi) is 6.05. The standard InChI is InChI=1S/C19H22N4O4S/c1-5-27-9-8-23-15-7-6-13(18(25)26-4)11-16(15)28-19(23)20-17(24)14-10-12(2)22(3)21-14/h6-7,10-11H,5,8-9H2,1-4H3. The quantitative estimate of drug-likeness (QED) is 0.466. The summed E-state index contributed by atoms with van der Waals surface area (Å²) in [6.07, 6.45) is 0. The van der Waals surface area contributed by atoms with E-state index in [0.29, 0.717) is 35.8 Å². The normalized spacial score (nSPS) is 11.9. The summed E-state index contributed by atoms with van der Waals surface area (Å²) in [5.41, 5.74) is 2.50. The number of ether oxygens (including phenoxy) is 2. The third-order valence-corrected chi connectivity index (χ3v) is 5.34. The largest absolute Gasteiger partial charge is 0.465 e. The van der Waals surface area contributed by atoms with Crippen molar-refractivity contribution in [1.29, 1.82) is 0 Å². The summed E-state index contributed by atoms with van der Waals surface area (Å²) < 4.78 is 14.7. The smallest absolute Gasteiger partial charge is 0.337 e. The van der Waals surface area contributed by atoms with Crippen LogP contribution in [0, 0.1) is 6.92 Å². The van der Waals surface area contributed by atoms with E-state index >= 15 is 0 Å². The summed E-state index contributed by atoms with van der Waals surface area (Å²) >= 11 is 1.34. The van der Waals surface area contributed by atoms with E-state index in [1.54, 1.807) is 29.9 Å². The Balaban J connectivity index is 2.08. The third kappa shape index (κ3) is 4.05. The van der Waals surface area contributed by atoms with E-state index in [9.17, 15) is 9.59 Å². The fraction of sp³-hybridized carbons (Fsp3) is 0.368. The Morgan fingerprint density at radius 2 is 2.07 bits per heavy atom. The van der Waals surface area contributed by atoms with Crippen LogP contribution in [0.3, 0.4) is 0 Å². The Morgan fingerprint density at radius 1 is 1.29 bits per heavy atom. The average Bonchev–Trinajstić information content (AvgIpc) is 3.20. The summed E-state index contributed by atoms with van der Waals surface area (Å²) in [6, 6.07) is 6.99. The van der Waals surface area contributed by atoms with Crippen molar-refractivity contribution in [3.05, 3.63) is 46.0 Å². The van der Waals surface area contributed by atoms with Crippen LogP contribution in [0.4, 0.5) is 0 Å². The van der Waals surface area contributed by atoms with Gasteiger partial charge in [-0.1, -0.05) is 11.3 Å². The first-order chi connectivity index (χ1) is 13.4. The van der Waals surface area contributed by atoms with Gasteiger partial charge in [-0.25, -0.2) is 4.79 Å². The number of benzene rings is 1. The van der Waals surface area contributed by atoms with Gasteiger partial charge < -0.3 is 14.0 Å². The molecule has 2 heterocycles. The summed E-state index contributed by atoms with van der Waals surface area (Å²) in [5.74, 6) is -0.816. The molecule has 1 amide bonds. The Hall–Kier alpha value is -2.78. The topological polar surface area (TPSA) is 87.7 Å². The van der Waals surface area contributed by atoms with Gasteiger partial charge in [0.05, 0.1) is 29.5 Å². The van der Waals surface area contributed by atoms with Gasteiger partial charge in [-0.15, -0.1) is 0 Å². The highest BCUT2D eigenvalue weighted by Gasteiger charge is 2.14. The van der Waals surface area contributed by atoms with Crippen LogP contribution in [0.5, 0.6) is 0 Å². The number of esters is 1. The molecule has 3 aromatic rings. The van der Waals surface area contributed by atoms with Crippen LogP contribution in [-0.4, -0.2) is 46.5 Å². The Bertz CT molecular complexity index is 1070. The molecule has 1 aromatic carbocycles. The fourth-order valence-electron chi connectivity index (χ4n) is 2.73. The van der Waals surface area contributed by atoms with Gasteiger partial charge in [0, 0.05) is 25.9 Å². The van der Waals surface area contributed by atoms with Crippen LogP contribution in [0.15, 0.2) is 29.3 Å². The molecule has 9 heteroatoms. The van der Waals surface area contributed by atoms with E-state index in [1.807, 2.05) is 24.5 Å². The highest BCUT2D eigenvalue weighted by molar-refractivity contribution is 7.16. The zero-order chi connectivity index (χ0) is 20.3. The zero-order valence-corrected chi connectivity index (χ0v) is 17.1. The molecule has 0 unspecified atom stereocenters. The molecule has 0 radical (unpaired) electrons. The molecule has 0 saturated carbocycles. The van der Waals surface area contributed by atoms with Crippen LogP contribution in [0.2, 0.25) is 0 Å². The monoisotopic (exact) mass is 402 g/mol. The van der Waals surface area contributed by atoms with E-state index in [1.165, 1.54) is 18.4 Å². The Morgan fingerprint density at radius 3 is 2.71 bits per heavy atom. The van der Waals surface area contributed by atoms with Crippen molar-refractivity contribution in [1.82, 2.24) is 14.3 Å². The molecule has 0 aliphatic heterocycles. The highest BCUT2D eigenvalue weighted by Crippen LogP contribution is 2.20. The number of carbonyl (C=O) groups is 2. The maximum Gasteiger partial charge on any atom is 0.337 e. The molecule has 0 atom stereocenters. The van der Waals surface area contributed by atoms with Crippen LogP contribution in [0.1, 0.15) is 33.5 Å². The number of fused-ring (bicyclic) bond motifs is 1. The highest BCUT2D eigenvalue weighted by atomic mass is 32.1. The molecular formula is C19H22N4O4S.